The van der Waals surface area contributed by atoms with E-state index in [0.29, 0.717) is 6.07 Å². The van der Waals surface area contributed by atoms with E-state index in [4.69, 9.17) is 15.1 Å². The third-order valence-electron chi connectivity index (χ3n) is 2.20. The Morgan fingerprint density at radius 2 is 2.16 bits per heavy atom. The molecule has 0 aliphatic heterocycles. The van der Waals surface area contributed by atoms with Crippen LogP contribution in [0.4, 0.5) is 13.2 Å². The van der Waals surface area contributed by atoms with Gasteiger partial charge in [-0.25, -0.2) is 0 Å². The number of aliphatic carboxylic acids is 1. The van der Waals surface area contributed by atoms with E-state index in [1.807, 2.05) is 0 Å². The van der Waals surface area contributed by atoms with Crippen molar-refractivity contribution >= 4 is 5.97 Å². The number of hydrogen-bond donors (Lipinski definition) is 1. The normalized spacial score (nSPS) is 12.6. The van der Waals surface area contributed by atoms with E-state index in [9.17, 15) is 18.0 Å². The minimum Gasteiger partial charge on any atom is -0.489 e. The van der Waals surface area contributed by atoms with Crippen LogP contribution in [0.25, 0.3) is 0 Å². The van der Waals surface area contributed by atoms with Crippen LogP contribution in [0.5, 0.6) is 5.75 Å². The maximum absolute atomic E-state index is 12.8. The third kappa shape index (κ3) is 4.17. The van der Waals surface area contributed by atoms with Gasteiger partial charge in [0.25, 0.3) is 0 Å². The van der Waals surface area contributed by atoms with E-state index in [0.717, 1.165) is 6.07 Å². The number of nitrogens with zero attached hydrogens (tertiary/aromatic N) is 1. The van der Waals surface area contributed by atoms with E-state index in [2.05, 4.69) is 0 Å². The number of carboxylic acid groups (broad SMARTS) is 1. The lowest BCUT2D eigenvalue weighted by Gasteiger charge is -2.17. The third-order valence-corrected chi connectivity index (χ3v) is 2.20. The minimum atomic E-state index is -4.68. The van der Waals surface area contributed by atoms with Crippen molar-refractivity contribution in [2.45, 2.75) is 25.6 Å². The summed E-state index contributed by atoms with van der Waals surface area (Å²) in [7, 11) is 0. The Balaban J connectivity index is 3.07. The Kier molecular flexibility index (Phi) is 4.38. The molecule has 0 aliphatic carbocycles. The van der Waals surface area contributed by atoms with Crippen LogP contribution in [-0.2, 0) is 11.0 Å². The van der Waals surface area contributed by atoms with Crippen molar-refractivity contribution < 1.29 is 27.8 Å². The summed E-state index contributed by atoms with van der Waals surface area (Å²) in [4.78, 5) is 10.4. The predicted molar refractivity (Wildman–Crippen MR) is 58.5 cm³/mol. The minimum absolute atomic E-state index is 0.148. The van der Waals surface area contributed by atoms with Crippen LogP contribution in [-0.4, -0.2) is 17.2 Å². The van der Waals surface area contributed by atoms with Gasteiger partial charge in [0.2, 0.25) is 0 Å². The molecule has 0 spiro atoms. The van der Waals surface area contributed by atoms with Gasteiger partial charge in [-0.3, -0.25) is 4.79 Å². The molecule has 0 aliphatic rings. The molecule has 0 saturated carbocycles. The van der Waals surface area contributed by atoms with Crippen molar-refractivity contribution in [1.29, 1.82) is 5.26 Å². The molecule has 0 amide bonds. The average Bonchev–Trinajstić information content (AvgIpc) is 2.26. The summed E-state index contributed by atoms with van der Waals surface area (Å²) in [6.07, 6.45) is -6.01. The molecule has 0 fully saturated rings. The second-order valence-corrected chi connectivity index (χ2v) is 3.85. The van der Waals surface area contributed by atoms with Crippen molar-refractivity contribution in [2.75, 3.05) is 0 Å². The van der Waals surface area contributed by atoms with Crippen molar-refractivity contribution in [3.8, 4) is 11.8 Å². The second-order valence-electron chi connectivity index (χ2n) is 3.85. The molecule has 1 aromatic carbocycles. The van der Waals surface area contributed by atoms with Gasteiger partial charge in [-0.1, -0.05) is 0 Å². The summed E-state index contributed by atoms with van der Waals surface area (Å²) in [5, 5.41) is 17.1. The van der Waals surface area contributed by atoms with Crippen molar-refractivity contribution in [3.05, 3.63) is 29.3 Å². The van der Waals surface area contributed by atoms with Crippen LogP contribution in [0.2, 0.25) is 0 Å². The standard InChI is InChI=1S/C12H10F3NO3/c1-7(4-11(17)18)19-10-3-2-8(6-16)5-9(10)12(13,14)15/h2-3,5,7H,4H2,1H3,(H,17,18)/t7-/m0/s1. The molecule has 0 heterocycles. The molecule has 7 heteroatoms. The van der Waals surface area contributed by atoms with Crippen LogP contribution in [0, 0.1) is 11.3 Å². The Bertz CT molecular complexity index is 520. The summed E-state index contributed by atoms with van der Waals surface area (Å²) in [6, 6.07) is 4.46. The Hall–Kier alpha value is -2.23. The van der Waals surface area contributed by atoms with Gasteiger partial charge in [0.05, 0.1) is 23.6 Å². The fourth-order valence-corrected chi connectivity index (χ4v) is 1.43. The lowest BCUT2D eigenvalue weighted by molar-refractivity contribution is -0.140. The molecule has 0 unspecified atom stereocenters. The highest BCUT2D eigenvalue weighted by atomic mass is 19.4. The zero-order valence-electron chi connectivity index (χ0n) is 9.86. The molecule has 0 radical (unpaired) electrons. The Labute approximate surface area is 107 Å². The largest absolute Gasteiger partial charge is 0.489 e. The molecule has 1 aromatic rings. The molecule has 0 bridgehead atoms. The van der Waals surface area contributed by atoms with Gasteiger partial charge in [0.1, 0.15) is 11.9 Å². The number of halogens is 3. The first-order valence-electron chi connectivity index (χ1n) is 5.24. The number of nitriles is 1. The molecule has 1 atom stereocenters. The van der Waals surface area contributed by atoms with Crippen LogP contribution in [0.1, 0.15) is 24.5 Å². The first-order valence-corrected chi connectivity index (χ1v) is 5.24. The average molecular weight is 273 g/mol. The lowest BCUT2D eigenvalue weighted by atomic mass is 10.1. The molecule has 0 saturated heterocycles. The summed E-state index contributed by atoms with van der Waals surface area (Å²) in [5.41, 5.74) is -1.24. The van der Waals surface area contributed by atoms with Gasteiger partial charge in [0.15, 0.2) is 0 Å². The van der Waals surface area contributed by atoms with Gasteiger partial charge >= 0.3 is 12.1 Å². The second kappa shape index (κ2) is 5.61. The number of hydrogen-bond acceptors (Lipinski definition) is 3. The van der Waals surface area contributed by atoms with Gasteiger partial charge < -0.3 is 9.84 Å². The summed E-state index contributed by atoms with van der Waals surface area (Å²) in [5.74, 6) is -1.66. The monoisotopic (exact) mass is 273 g/mol. The topological polar surface area (TPSA) is 70.3 Å². The molecule has 1 rings (SSSR count). The smallest absolute Gasteiger partial charge is 0.420 e. The number of alkyl halides is 3. The summed E-state index contributed by atoms with van der Waals surface area (Å²) < 4.78 is 43.3. The lowest BCUT2D eigenvalue weighted by Crippen LogP contribution is -2.19. The number of benzene rings is 1. The quantitative estimate of drug-likeness (QED) is 0.915. The molecule has 0 aromatic heterocycles. The highest BCUT2D eigenvalue weighted by Crippen LogP contribution is 2.37. The van der Waals surface area contributed by atoms with Crippen molar-refractivity contribution in [3.63, 3.8) is 0 Å². The molecule has 19 heavy (non-hydrogen) atoms. The van der Waals surface area contributed by atoms with Gasteiger partial charge in [-0.05, 0) is 25.1 Å². The summed E-state index contributed by atoms with van der Waals surface area (Å²) >= 11 is 0. The van der Waals surface area contributed by atoms with E-state index in [1.54, 1.807) is 6.07 Å². The van der Waals surface area contributed by atoms with Gasteiger partial charge in [0, 0.05) is 0 Å². The molecular formula is C12H10F3NO3. The van der Waals surface area contributed by atoms with Crippen LogP contribution in [0.3, 0.4) is 0 Å². The molecular weight excluding hydrogens is 263 g/mol. The van der Waals surface area contributed by atoms with Crippen LogP contribution in [0.15, 0.2) is 18.2 Å². The first kappa shape index (κ1) is 14.8. The SMILES string of the molecule is C[C@@H](CC(=O)O)Oc1ccc(C#N)cc1C(F)(F)F. The zero-order chi connectivity index (χ0) is 14.6. The molecule has 4 nitrogen and oxygen atoms in total. The highest BCUT2D eigenvalue weighted by molar-refractivity contribution is 5.67. The number of carboxylic acids is 1. The number of ether oxygens (including phenoxy) is 1. The van der Waals surface area contributed by atoms with E-state index >= 15 is 0 Å². The highest BCUT2D eigenvalue weighted by Gasteiger charge is 2.35. The van der Waals surface area contributed by atoms with Crippen LogP contribution < -0.4 is 4.74 Å². The number of rotatable bonds is 4. The Morgan fingerprint density at radius 1 is 1.53 bits per heavy atom. The predicted octanol–water partition coefficient (Wildman–Crippen LogP) is 2.82. The van der Waals surface area contributed by atoms with E-state index in [1.165, 1.54) is 13.0 Å². The van der Waals surface area contributed by atoms with E-state index < -0.39 is 36.0 Å². The van der Waals surface area contributed by atoms with Gasteiger partial charge in [-0.2, -0.15) is 18.4 Å². The van der Waals surface area contributed by atoms with Crippen molar-refractivity contribution in [2.24, 2.45) is 0 Å². The maximum Gasteiger partial charge on any atom is 0.420 e. The Morgan fingerprint density at radius 3 is 2.63 bits per heavy atom. The molecule has 1 N–H and O–H groups in total. The summed E-state index contributed by atoms with van der Waals surface area (Å²) in [6.45, 7) is 1.35. The maximum atomic E-state index is 12.8. The fourth-order valence-electron chi connectivity index (χ4n) is 1.43. The van der Waals surface area contributed by atoms with E-state index in [-0.39, 0.29) is 5.56 Å². The number of carbonyl (C=O) groups is 1. The fraction of sp³-hybridized carbons (Fsp3) is 0.333. The molecule has 102 valence electrons. The van der Waals surface area contributed by atoms with Gasteiger partial charge in [-0.15, -0.1) is 0 Å². The van der Waals surface area contributed by atoms with Crippen LogP contribution >= 0.6 is 0 Å². The first-order chi connectivity index (χ1) is 8.74. The van der Waals surface area contributed by atoms with Crippen molar-refractivity contribution in [1.82, 2.24) is 0 Å². The zero-order valence-corrected chi connectivity index (χ0v) is 9.86.